The predicted octanol–water partition coefficient (Wildman–Crippen LogP) is 4.38. The Morgan fingerprint density at radius 1 is 0.824 bits per heavy atom. The largest absolute Gasteiger partial charge is 0.487 e. The number of nitrogens with zero attached hydrogens (tertiary/aromatic N) is 1. The Labute approximate surface area is 207 Å². The molecule has 186 valence electrons. The van der Waals surface area contributed by atoms with Crippen LogP contribution in [0.1, 0.15) is 19.8 Å². The normalized spacial score (nSPS) is 16.4. The SMILES string of the molecule is CCCC1(OCC(=S)N(C)C)COc2ccccc2OCCOCCOc2ccccc2OC1. The van der Waals surface area contributed by atoms with Gasteiger partial charge < -0.3 is 33.3 Å². The van der Waals surface area contributed by atoms with E-state index >= 15 is 0 Å². The highest BCUT2D eigenvalue weighted by Gasteiger charge is 2.34. The standard InChI is InChI=1S/C26H35NO6S/c1-4-13-26(33-18-25(34)27(2)3)19-31-23-11-7-5-9-21(23)29-16-14-28-15-17-30-22-10-6-8-12-24(22)32-20-26/h5-12H,4,13-20H2,1-3H3. The van der Waals surface area contributed by atoms with Crippen LogP contribution in [-0.2, 0) is 9.47 Å². The van der Waals surface area contributed by atoms with E-state index in [1.807, 2.05) is 67.5 Å². The van der Waals surface area contributed by atoms with Gasteiger partial charge in [-0.15, -0.1) is 0 Å². The van der Waals surface area contributed by atoms with Crippen LogP contribution in [0.5, 0.6) is 23.0 Å². The van der Waals surface area contributed by atoms with Crippen LogP contribution in [0.25, 0.3) is 0 Å². The Balaban J connectivity index is 1.88. The van der Waals surface area contributed by atoms with E-state index in [4.69, 9.17) is 40.6 Å². The van der Waals surface area contributed by atoms with Gasteiger partial charge in [-0.25, -0.2) is 0 Å². The Kier molecular flexibility index (Phi) is 10.2. The molecule has 34 heavy (non-hydrogen) atoms. The van der Waals surface area contributed by atoms with E-state index in [0.29, 0.717) is 61.0 Å². The average Bonchev–Trinajstić information content (AvgIpc) is 2.84. The lowest BCUT2D eigenvalue weighted by Crippen LogP contribution is -2.46. The Hall–Kier alpha value is -2.55. The molecule has 0 saturated carbocycles. The summed E-state index contributed by atoms with van der Waals surface area (Å²) in [6, 6.07) is 15.2. The number of thiocarbonyl (C=S) groups is 1. The fourth-order valence-corrected chi connectivity index (χ4v) is 3.52. The molecule has 0 aromatic heterocycles. The molecule has 1 heterocycles. The molecule has 2 aromatic rings. The van der Waals surface area contributed by atoms with E-state index < -0.39 is 5.60 Å². The van der Waals surface area contributed by atoms with Gasteiger partial charge in [-0.05, 0) is 30.7 Å². The summed E-state index contributed by atoms with van der Waals surface area (Å²) in [5.41, 5.74) is -0.727. The fourth-order valence-electron chi connectivity index (χ4n) is 3.46. The summed E-state index contributed by atoms with van der Waals surface area (Å²) in [6.07, 6.45) is 1.61. The number of hydrogen-bond donors (Lipinski definition) is 0. The monoisotopic (exact) mass is 489 g/mol. The van der Waals surface area contributed by atoms with E-state index in [2.05, 4.69) is 6.92 Å². The van der Waals surface area contributed by atoms with Crippen molar-refractivity contribution >= 4 is 17.2 Å². The Bertz CT molecular complexity index is 851. The smallest absolute Gasteiger partial charge is 0.161 e. The Morgan fingerprint density at radius 3 is 1.74 bits per heavy atom. The van der Waals surface area contributed by atoms with E-state index in [0.717, 1.165) is 12.8 Å². The fraction of sp³-hybridized carbons (Fsp3) is 0.500. The molecule has 0 amide bonds. The van der Waals surface area contributed by atoms with E-state index in [1.54, 1.807) is 0 Å². The molecule has 0 radical (unpaired) electrons. The highest BCUT2D eigenvalue weighted by atomic mass is 32.1. The first kappa shape index (κ1) is 26.1. The highest BCUT2D eigenvalue weighted by molar-refractivity contribution is 7.80. The van der Waals surface area contributed by atoms with Crippen molar-refractivity contribution in [3.05, 3.63) is 48.5 Å². The first-order valence-electron chi connectivity index (χ1n) is 11.6. The first-order chi connectivity index (χ1) is 16.5. The average molecular weight is 490 g/mol. The maximum absolute atomic E-state index is 6.43. The van der Waals surface area contributed by atoms with Crippen LogP contribution in [0.3, 0.4) is 0 Å². The molecule has 0 N–H and O–H groups in total. The molecule has 1 aliphatic heterocycles. The van der Waals surface area contributed by atoms with Gasteiger partial charge in [-0.1, -0.05) is 49.8 Å². The summed E-state index contributed by atoms with van der Waals surface area (Å²) in [7, 11) is 3.82. The van der Waals surface area contributed by atoms with Crippen molar-refractivity contribution in [2.24, 2.45) is 0 Å². The zero-order valence-corrected chi connectivity index (χ0v) is 21.1. The molecule has 7 nitrogen and oxygen atoms in total. The number of rotatable bonds is 5. The number of likely N-dealkylation sites (N-methyl/N-ethyl adjacent to an activating group) is 1. The molecule has 0 atom stereocenters. The van der Waals surface area contributed by atoms with Crippen molar-refractivity contribution in [1.29, 1.82) is 0 Å². The van der Waals surface area contributed by atoms with Crippen LogP contribution in [0.15, 0.2) is 48.5 Å². The molecule has 0 aliphatic carbocycles. The maximum atomic E-state index is 6.43. The summed E-state index contributed by atoms with van der Waals surface area (Å²) >= 11 is 5.48. The second-order valence-electron chi connectivity index (χ2n) is 8.29. The van der Waals surface area contributed by atoms with Crippen molar-refractivity contribution in [2.45, 2.75) is 25.4 Å². The van der Waals surface area contributed by atoms with Gasteiger partial charge in [0, 0.05) is 14.1 Å². The van der Waals surface area contributed by atoms with Crippen molar-refractivity contribution in [3.63, 3.8) is 0 Å². The predicted molar refractivity (Wildman–Crippen MR) is 136 cm³/mol. The second-order valence-corrected chi connectivity index (χ2v) is 8.76. The van der Waals surface area contributed by atoms with Crippen molar-refractivity contribution in [2.75, 3.05) is 60.3 Å². The summed E-state index contributed by atoms with van der Waals surface area (Å²) < 4.78 is 36.5. The van der Waals surface area contributed by atoms with Crippen LogP contribution >= 0.6 is 12.2 Å². The lowest BCUT2D eigenvalue weighted by molar-refractivity contribution is -0.0902. The van der Waals surface area contributed by atoms with Gasteiger partial charge in [0.1, 0.15) is 37.0 Å². The molecular weight excluding hydrogens is 454 g/mol. The van der Waals surface area contributed by atoms with Gasteiger partial charge in [0.15, 0.2) is 23.0 Å². The maximum Gasteiger partial charge on any atom is 0.161 e. The minimum absolute atomic E-state index is 0.275. The van der Waals surface area contributed by atoms with Crippen LogP contribution in [0, 0.1) is 0 Å². The third-order valence-electron chi connectivity index (χ3n) is 5.36. The van der Waals surface area contributed by atoms with Gasteiger partial charge >= 0.3 is 0 Å². The van der Waals surface area contributed by atoms with E-state index in [-0.39, 0.29) is 13.2 Å². The second kappa shape index (κ2) is 13.4. The third kappa shape index (κ3) is 7.75. The summed E-state index contributed by atoms with van der Waals surface area (Å²) in [6.45, 7) is 4.67. The van der Waals surface area contributed by atoms with Crippen molar-refractivity contribution < 1.29 is 28.4 Å². The molecule has 8 heteroatoms. The van der Waals surface area contributed by atoms with Gasteiger partial charge in [-0.3, -0.25) is 0 Å². The number of benzene rings is 2. The van der Waals surface area contributed by atoms with Crippen molar-refractivity contribution in [3.8, 4) is 23.0 Å². The van der Waals surface area contributed by atoms with Gasteiger partial charge in [0.05, 0.1) is 19.8 Å². The zero-order valence-electron chi connectivity index (χ0n) is 20.3. The van der Waals surface area contributed by atoms with Gasteiger partial charge in [0.2, 0.25) is 0 Å². The number of ether oxygens (including phenoxy) is 6. The summed E-state index contributed by atoms with van der Waals surface area (Å²) in [4.78, 5) is 2.58. The van der Waals surface area contributed by atoms with Crippen LogP contribution in [-0.4, -0.2) is 75.8 Å². The number of para-hydroxylation sites is 4. The molecule has 0 unspecified atom stereocenters. The molecule has 0 saturated heterocycles. The lowest BCUT2D eigenvalue weighted by atomic mass is 9.99. The van der Waals surface area contributed by atoms with Crippen LogP contribution < -0.4 is 18.9 Å². The molecule has 1 aliphatic rings. The minimum Gasteiger partial charge on any atom is -0.487 e. The first-order valence-corrected chi connectivity index (χ1v) is 12.0. The third-order valence-corrected chi connectivity index (χ3v) is 5.84. The van der Waals surface area contributed by atoms with Gasteiger partial charge in [-0.2, -0.15) is 0 Å². The molecule has 0 bridgehead atoms. The van der Waals surface area contributed by atoms with E-state index in [9.17, 15) is 0 Å². The molecule has 3 rings (SSSR count). The molecule has 0 fully saturated rings. The van der Waals surface area contributed by atoms with Crippen molar-refractivity contribution in [1.82, 2.24) is 4.90 Å². The minimum atomic E-state index is -0.727. The summed E-state index contributed by atoms with van der Waals surface area (Å²) in [5.74, 6) is 2.63. The summed E-state index contributed by atoms with van der Waals surface area (Å²) in [5, 5.41) is 0. The quantitative estimate of drug-likeness (QED) is 0.574. The number of fused-ring (bicyclic) bond motifs is 2. The molecule has 0 spiro atoms. The van der Waals surface area contributed by atoms with Crippen LogP contribution in [0.4, 0.5) is 0 Å². The molecular formula is C26H35NO6S. The Morgan fingerprint density at radius 2 is 1.29 bits per heavy atom. The topological polar surface area (TPSA) is 58.6 Å². The zero-order chi connectivity index (χ0) is 24.2. The van der Waals surface area contributed by atoms with Crippen LogP contribution in [0.2, 0.25) is 0 Å². The van der Waals surface area contributed by atoms with Gasteiger partial charge in [0.25, 0.3) is 0 Å². The lowest BCUT2D eigenvalue weighted by Gasteiger charge is -2.34. The highest BCUT2D eigenvalue weighted by Crippen LogP contribution is 2.32. The van der Waals surface area contributed by atoms with E-state index in [1.165, 1.54) is 0 Å². The molecule has 2 aromatic carbocycles. The number of hydrogen-bond acceptors (Lipinski definition) is 7.